The number of rotatable bonds is 4. The summed E-state index contributed by atoms with van der Waals surface area (Å²) in [5.41, 5.74) is 3.42. The number of carbonyl (C=O) groups excluding carboxylic acids is 1. The number of para-hydroxylation sites is 1. The lowest BCUT2D eigenvalue weighted by atomic mass is 10.0. The van der Waals surface area contributed by atoms with Crippen LogP contribution in [0, 0.1) is 0 Å². The SMILES string of the molecule is CC(C)c1ccc(CC2S/C(=N\c3nc4ccccc4s3)NC2=O)cc1. The monoisotopic (exact) mass is 381 g/mol. The number of fused-ring (bicyclic) bond motifs is 1. The number of nitrogens with zero attached hydrogens (tertiary/aromatic N) is 2. The molecule has 1 aliphatic heterocycles. The van der Waals surface area contributed by atoms with E-state index in [1.165, 1.54) is 34.2 Å². The number of benzene rings is 2. The molecule has 0 bridgehead atoms. The Hall–Kier alpha value is -2.18. The molecule has 0 spiro atoms. The van der Waals surface area contributed by atoms with Crippen molar-refractivity contribution in [3.05, 3.63) is 59.7 Å². The van der Waals surface area contributed by atoms with E-state index < -0.39 is 0 Å². The Morgan fingerprint density at radius 2 is 1.92 bits per heavy atom. The van der Waals surface area contributed by atoms with E-state index in [1.54, 1.807) is 0 Å². The molecule has 4 nitrogen and oxygen atoms in total. The summed E-state index contributed by atoms with van der Waals surface area (Å²) in [4.78, 5) is 21.3. The topological polar surface area (TPSA) is 54.4 Å². The van der Waals surface area contributed by atoms with Gasteiger partial charge in [-0.15, -0.1) is 0 Å². The van der Waals surface area contributed by atoms with Crippen molar-refractivity contribution >= 4 is 49.5 Å². The van der Waals surface area contributed by atoms with Crippen molar-refractivity contribution in [2.75, 3.05) is 0 Å². The molecule has 1 saturated heterocycles. The van der Waals surface area contributed by atoms with Gasteiger partial charge >= 0.3 is 0 Å². The van der Waals surface area contributed by atoms with Crippen LogP contribution in [0.25, 0.3) is 10.2 Å². The van der Waals surface area contributed by atoms with Gasteiger partial charge in [0.15, 0.2) is 5.17 Å². The lowest BCUT2D eigenvalue weighted by Crippen LogP contribution is -2.25. The average molecular weight is 382 g/mol. The number of aromatic nitrogens is 1. The Morgan fingerprint density at radius 3 is 2.65 bits per heavy atom. The maximum atomic E-state index is 12.3. The summed E-state index contributed by atoms with van der Waals surface area (Å²) in [6, 6.07) is 16.5. The highest BCUT2D eigenvalue weighted by Crippen LogP contribution is 2.31. The molecule has 1 atom stereocenters. The van der Waals surface area contributed by atoms with Crippen LogP contribution >= 0.6 is 23.1 Å². The van der Waals surface area contributed by atoms with Crippen molar-refractivity contribution < 1.29 is 4.79 Å². The molecule has 1 N–H and O–H groups in total. The molecule has 1 aliphatic rings. The van der Waals surface area contributed by atoms with Crippen molar-refractivity contribution in [3.8, 4) is 0 Å². The van der Waals surface area contributed by atoms with Crippen LogP contribution in [0.1, 0.15) is 30.9 Å². The van der Waals surface area contributed by atoms with Crippen LogP contribution in [0.3, 0.4) is 0 Å². The third-order valence-electron chi connectivity index (χ3n) is 4.32. The lowest BCUT2D eigenvalue weighted by molar-refractivity contribution is -0.118. The van der Waals surface area contributed by atoms with Gasteiger partial charge in [-0.3, -0.25) is 4.79 Å². The number of hydrogen-bond donors (Lipinski definition) is 1. The van der Waals surface area contributed by atoms with Crippen molar-refractivity contribution in [3.63, 3.8) is 0 Å². The summed E-state index contributed by atoms with van der Waals surface area (Å²) in [6.07, 6.45) is 0.702. The first-order chi connectivity index (χ1) is 12.6. The number of carbonyl (C=O) groups is 1. The summed E-state index contributed by atoms with van der Waals surface area (Å²) in [7, 11) is 0. The Labute approximate surface area is 160 Å². The Bertz CT molecular complexity index is 943. The van der Waals surface area contributed by atoms with Gasteiger partial charge < -0.3 is 5.32 Å². The number of amidine groups is 1. The van der Waals surface area contributed by atoms with Gasteiger partial charge in [0.05, 0.1) is 15.5 Å². The summed E-state index contributed by atoms with van der Waals surface area (Å²) >= 11 is 3.02. The summed E-state index contributed by atoms with van der Waals surface area (Å²) in [6.45, 7) is 4.36. The largest absolute Gasteiger partial charge is 0.304 e. The highest BCUT2D eigenvalue weighted by molar-refractivity contribution is 8.15. The van der Waals surface area contributed by atoms with Crippen LogP contribution in [0.4, 0.5) is 5.13 Å². The molecule has 3 aromatic rings. The maximum absolute atomic E-state index is 12.3. The number of nitrogens with one attached hydrogen (secondary N) is 1. The normalized spacial score (nSPS) is 18.8. The van der Waals surface area contributed by atoms with Crippen LogP contribution < -0.4 is 5.32 Å². The number of hydrogen-bond acceptors (Lipinski definition) is 5. The van der Waals surface area contributed by atoms with Gasteiger partial charge in [0.1, 0.15) is 0 Å². The number of amides is 1. The van der Waals surface area contributed by atoms with E-state index in [2.05, 4.69) is 53.4 Å². The number of aliphatic imine (C=N–C) groups is 1. The third kappa shape index (κ3) is 3.66. The standard InChI is InChI=1S/C20H19N3OS2/c1-12(2)14-9-7-13(8-10-14)11-17-18(24)22-20(26-17)23-19-21-15-5-3-4-6-16(15)25-19/h3-10,12,17H,11H2,1-2H3,(H,21,22,23,24). The minimum absolute atomic E-state index is 0.0165. The van der Waals surface area contributed by atoms with E-state index in [-0.39, 0.29) is 11.2 Å². The molecule has 0 aliphatic carbocycles. The zero-order valence-corrected chi connectivity index (χ0v) is 16.2. The summed E-state index contributed by atoms with van der Waals surface area (Å²) in [5.74, 6) is 0.531. The second-order valence-electron chi connectivity index (χ2n) is 6.58. The maximum Gasteiger partial charge on any atom is 0.239 e. The highest BCUT2D eigenvalue weighted by atomic mass is 32.2. The zero-order chi connectivity index (χ0) is 18.1. The van der Waals surface area contributed by atoms with E-state index in [1.807, 2.05) is 24.3 Å². The van der Waals surface area contributed by atoms with Crippen molar-refractivity contribution in [2.45, 2.75) is 31.4 Å². The highest BCUT2D eigenvalue weighted by Gasteiger charge is 2.30. The average Bonchev–Trinajstić information content (AvgIpc) is 3.18. The van der Waals surface area contributed by atoms with Crippen LogP contribution in [0.5, 0.6) is 0 Å². The lowest BCUT2D eigenvalue weighted by Gasteiger charge is -2.08. The molecule has 2 heterocycles. The van der Waals surface area contributed by atoms with Crippen molar-refractivity contribution in [2.24, 2.45) is 4.99 Å². The van der Waals surface area contributed by atoms with Gasteiger partial charge in [-0.1, -0.05) is 73.3 Å². The Balaban J connectivity index is 1.47. The smallest absolute Gasteiger partial charge is 0.239 e. The predicted octanol–water partition coefficient (Wildman–Crippen LogP) is 4.88. The molecule has 1 unspecified atom stereocenters. The summed E-state index contributed by atoms with van der Waals surface area (Å²) < 4.78 is 1.10. The number of thiazole rings is 1. The van der Waals surface area contributed by atoms with Gasteiger partial charge in [0, 0.05) is 0 Å². The number of thioether (sulfide) groups is 1. The predicted molar refractivity (Wildman–Crippen MR) is 110 cm³/mol. The molecular weight excluding hydrogens is 362 g/mol. The van der Waals surface area contributed by atoms with E-state index in [0.29, 0.717) is 22.6 Å². The zero-order valence-electron chi connectivity index (χ0n) is 14.6. The van der Waals surface area contributed by atoms with Gasteiger partial charge in [-0.05, 0) is 35.6 Å². The fraction of sp³-hybridized carbons (Fsp3) is 0.250. The molecule has 26 heavy (non-hydrogen) atoms. The Kier molecular flexibility index (Phi) is 4.78. The molecule has 1 fully saturated rings. The molecule has 6 heteroatoms. The molecule has 1 aromatic heterocycles. The third-order valence-corrected chi connectivity index (χ3v) is 6.34. The summed E-state index contributed by atoms with van der Waals surface area (Å²) in [5, 5.41) is 4.06. The van der Waals surface area contributed by atoms with E-state index in [0.717, 1.165) is 10.2 Å². The first kappa shape index (κ1) is 17.2. The van der Waals surface area contributed by atoms with Crippen LogP contribution in [-0.4, -0.2) is 21.3 Å². The molecule has 0 saturated carbocycles. The second kappa shape index (κ2) is 7.21. The first-order valence-corrected chi connectivity index (χ1v) is 10.3. The van der Waals surface area contributed by atoms with E-state index >= 15 is 0 Å². The van der Waals surface area contributed by atoms with E-state index in [4.69, 9.17) is 0 Å². The second-order valence-corrected chi connectivity index (χ2v) is 8.78. The van der Waals surface area contributed by atoms with Gasteiger partial charge in [-0.2, -0.15) is 4.99 Å². The fourth-order valence-corrected chi connectivity index (χ4v) is 4.75. The molecule has 1 amide bonds. The first-order valence-electron chi connectivity index (χ1n) is 8.59. The van der Waals surface area contributed by atoms with Crippen LogP contribution in [0.15, 0.2) is 53.5 Å². The quantitative estimate of drug-likeness (QED) is 0.701. The van der Waals surface area contributed by atoms with Crippen molar-refractivity contribution in [1.29, 1.82) is 0 Å². The van der Waals surface area contributed by atoms with Gasteiger partial charge in [0.25, 0.3) is 0 Å². The molecular formula is C20H19N3OS2. The van der Waals surface area contributed by atoms with E-state index in [9.17, 15) is 4.79 Å². The molecule has 0 radical (unpaired) electrons. The minimum atomic E-state index is -0.145. The van der Waals surface area contributed by atoms with Crippen molar-refractivity contribution in [1.82, 2.24) is 10.3 Å². The molecule has 132 valence electrons. The molecule has 4 rings (SSSR count). The minimum Gasteiger partial charge on any atom is -0.304 e. The van der Waals surface area contributed by atoms with Crippen LogP contribution in [0.2, 0.25) is 0 Å². The van der Waals surface area contributed by atoms with Gasteiger partial charge in [-0.25, -0.2) is 4.98 Å². The van der Waals surface area contributed by atoms with Crippen LogP contribution in [-0.2, 0) is 11.2 Å². The van der Waals surface area contributed by atoms with Gasteiger partial charge in [0.2, 0.25) is 11.0 Å². The molecule has 2 aromatic carbocycles. The fourth-order valence-electron chi connectivity index (χ4n) is 2.84. The Morgan fingerprint density at radius 1 is 1.15 bits per heavy atom.